The van der Waals surface area contributed by atoms with Gasteiger partial charge in [0, 0.05) is 48.3 Å². The Labute approximate surface area is 385 Å². The molecule has 3 nitrogen and oxygen atoms in total. The van der Waals surface area contributed by atoms with E-state index in [4.69, 9.17) is 4.42 Å². The van der Waals surface area contributed by atoms with Crippen molar-refractivity contribution >= 4 is 88.8 Å². The van der Waals surface area contributed by atoms with Crippen molar-refractivity contribution in [1.29, 1.82) is 0 Å². The molecule has 5 heteroatoms. The Hall–Kier alpha value is -5.00. The van der Waals surface area contributed by atoms with E-state index < -0.39 is 0 Å². The van der Waals surface area contributed by atoms with E-state index in [1.54, 1.807) is 0 Å². The Bertz CT molecular complexity index is 3250. The Morgan fingerprint density at radius 3 is 1.94 bits per heavy atom. The van der Waals surface area contributed by atoms with Gasteiger partial charge in [-0.1, -0.05) is 118 Å². The first-order valence-corrected chi connectivity index (χ1v) is 24.9. The van der Waals surface area contributed by atoms with Gasteiger partial charge in [-0.05, 0) is 166 Å². The molecule has 4 heterocycles. The summed E-state index contributed by atoms with van der Waals surface area (Å²) in [6.07, 6.45) is 9.33. The maximum absolute atomic E-state index is 7.64. The number of anilines is 5. The van der Waals surface area contributed by atoms with Crippen LogP contribution >= 0.6 is 11.3 Å². The third-order valence-corrected chi connectivity index (χ3v) is 17.9. The van der Waals surface area contributed by atoms with E-state index in [-0.39, 0.29) is 33.8 Å². The molecule has 0 atom stereocenters. The zero-order chi connectivity index (χ0) is 44.6. The molecule has 324 valence electrons. The minimum atomic E-state index is -0.0578. The van der Waals surface area contributed by atoms with Crippen LogP contribution in [-0.2, 0) is 21.7 Å². The fourth-order valence-corrected chi connectivity index (χ4v) is 13.9. The predicted octanol–water partition coefficient (Wildman–Crippen LogP) is 15.9. The van der Waals surface area contributed by atoms with Crippen molar-refractivity contribution in [2.24, 2.45) is 5.41 Å². The number of aryl methyl sites for hydroxylation is 1. The maximum Gasteiger partial charge on any atom is 0.296 e. The second-order valence-electron chi connectivity index (χ2n) is 23.9. The van der Waals surface area contributed by atoms with Gasteiger partial charge in [-0.25, -0.2) is 0 Å². The Morgan fingerprint density at radius 1 is 0.609 bits per heavy atom. The summed E-state index contributed by atoms with van der Waals surface area (Å²) < 4.78 is 10.3. The van der Waals surface area contributed by atoms with Crippen molar-refractivity contribution < 1.29 is 4.42 Å². The smallest absolute Gasteiger partial charge is 0.296 e. The number of allylic oxidation sites excluding steroid dienone is 4. The van der Waals surface area contributed by atoms with E-state index in [0.717, 1.165) is 24.1 Å². The van der Waals surface area contributed by atoms with Crippen LogP contribution in [-0.4, -0.2) is 6.71 Å². The van der Waals surface area contributed by atoms with Crippen LogP contribution in [0.25, 0.3) is 31.1 Å². The molecule has 0 saturated heterocycles. The number of hydrogen-bond acceptors (Lipinski definition) is 4. The van der Waals surface area contributed by atoms with Crippen LogP contribution in [0.5, 0.6) is 0 Å². The monoisotopic (exact) mass is 858 g/mol. The first-order chi connectivity index (χ1) is 30.2. The summed E-state index contributed by atoms with van der Waals surface area (Å²) in [6.45, 7) is 29.0. The molecule has 12 rings (SSSR count). The van der Waals surface area contributed by atoms with Crippen molar-refractivity contribution in [3.8, 4) is 0 Å². The highest BCUT2D eigenvalue weighted by Crippen LogP contribution is 2.55. The minimum Gasteiger partial charge on any atom is -0.468 e. The number of thiophene rings is 1. The molecule has 0 radical (unpaired) electrons. The predicted molar refractivity (Wildman–Crippen MR) is 276 cm³/mol. The van der Waals surface area contributed by atoms with Crippen molar-refractivity contribution in [2.45, 2.75) is 143 Å². The maximum atomic E-state index is 7.64. The number of fused-ring (bicyclic) bond motifs is 10. The quantitative estimate of drug-likeness (QED) is 0.162. The first-order valence-electron chi connectivity index (χ1n) is 24.1. The summed E-state index contributed by atoms with van der Waals surface area (Å²) in [6, 6.07) is 33.5. The molecule has 5 aliphatic rings. The van der Waals surface area contributed by atoms with E-state index in [9.17, 15) is 0 Å². The molecule has 0 saturated carbocycles. The highest BCUT2D eigenvalue weighted by atomic mass is 32.1. The van der Waals surface area contributed by atoms with E-state index in [0.29, 0.717) is 0 Å². The van der Waals surface area contributed by atoms with Crippen LogP contribution < -0.4 is 20.9 Å². The molecule has 3 aliphatic carbocycles. The second kappa shape index (κ2) is 13.1. The highest BCUT2D eigenvalue weighted by molar-refractivity contribution is 7.26. The molecule has 0 bridgehead atoms. The summed E-state index contributed by atoms with van der Waals surface area (Å²) >= 11 is 1.91. The lowest BCUT2D eigenvalue weighted by Crippen LogP contribution is -2.55. The van der Waals surface area contributed by atoms with Gasteiger partial charge >= 0.3 is 0 Å². The van der Waals surface area contributed by atoms with Gasteiger partial charge in [-0.3, -0.25) is 0 Å². The van der Waals surface area contributed by atoms with Crippen LogP contribution in [0.1, 0.15) is 143 Å². The third kappa shape index (κ3) is 5.64. The van der Waals surface area contributed by atoms with Crippen LogP contribution in [0, 0.1) is 12.3 Å². The van der Waals surface area contributed by atoms with E-state index >= 15 is 0 Å². The van der Waals surface area contributed by atoms with Crippen molar-refractivity contribution in [3.63, 3.8) is 0 Å². The van der Waals surface area contributed by atoms with Crippen molar-refractivity contribution in [1.82, 2.24) is 0 Å². The van der Waals surface area contributed by atoms with Gasteiger partial charge in [-0.2, -0.15) is 0 Å². The SMILES string of the molecule is Cc1cc2c3c(c1)N(c1ccc4c(c1)C(C)(C)CCC4(C)C)c1c(oc4cc5c(cc14)C(C)(C)CCC5(C)C)B3C1=C(CCC(C(C)(C)C)=C1)N2c1cccc2sc3ccccc3c12. The van der Waals surface area contributed by atoms with Gasteiger partial charge in [0.25, 0.3) is 6.71 Å². The molecule has 7 aromatic rings. The van der Waals surface area contributed by atoms with E-state index in [1.807, 2.05) is 11.3 Å². The molecular formula is C59H63BN2OS. The fourth-order valence-electron chi connectivity index (χ4n) is 12.7. The van der Waals surface area contributed by atoms with Gasteiger partial charge in [0.2, 0.25) is 0 Å². The summed E-state index contributed by atoms with van der Waals surface area (Å²) in [5.41, 5.74) is 21.6. The summed E-state index contributed by atoms with van der Waals surface area (Å²) in [7, 11) is 0. The topological polar surface area (TPSA) is 19.6 Å². The Kier molecular flexibility index (Phi) is 8.28. The summed E-state index contributed by atoms with van der Waals surface area (Å²) in [5.74, 6) is 0. The zero-order valence-corrected chi connectivity index (χ0v) is 41.0. The van der Waals surface area contributed by atoms with Gasteiger partial charge in [-0.15, -0.1) is 11.3 Å². The van der Waals surface area contributed by atoms with Gasteiger partial charge in [0.05, 0.1) is 17.0 Å². The van der Waals surface area contributed by atoms with Crippen molar-refractivity contribution in [2.75, 3.05) is 9.80 Å². The highest BCUT2D eigenvalue weighted by Gasteiger charge is 2.50. The average molecular weight is 859 g/mol. The molecule has 5 aromatic carbocycles. The molecule has 2 aliphatic heterocycles. The average Bonchev–Trinajstić information content (AvgIpc) is 3.82. The van der Waals surface area contributed by atoms with Crippen LogP contribution in [0.4, 0.5) is 28.4 Å². The number of furan rings is 1. The van der Waals surface area contributed by atoms with Gasteiger partial charge < -0.3 is 14.2 Å². The third-order valence-electron chi connectivity index (χ3n) is 16.8. The number of benzene rings is 5. The van der Waals surface area contributed by atoms with Crippen LogP contribution in [0.2, 0.25) is 0 Å². The molecular weight excluding hydrogens is 796 g/mol. The summed E-state index contributed by atoms with van der Waals surface area (Å²) in [4.78, 5) is 5.35. The van der Waals surface area contributed by atoms with E-state index in [2.05, 4.69) is 184 Å². The molecule has 0 N–H and O–H groups in total. The van der Waals surface area contributed by atoms with Crippen LogP contribution in [0.15, 0.2) is 112 Å². The molecule has 2 aromatic heterocycles. The lowest BCUT2D eigenvalue weighted by atomic mass is 9.34. The number of nitrogens with zero attached hydrogens (tertiary/aromatic N) is 2. The second-order valence-corrected chi connectivity index (χ2v) is 24.9. The standard InChI is InChI=1S/C59H63BN2OS/c1-34-28-46-52-47(29-34)62(45-17-15-19-50-51(45)37-16-13-14-18-49(37)64-50)44-23-20-35(55(2,3)4)30-43(44)60(52)54-53(38-32-41-42(33-48(38)63-54)59(11,12)27-26-58(41,9)10)61(46)36-21-22-39-40(31-36)57(7,8)25-24-56(39,5)6/h13-19,21-22,28-33H,20,23-27H2,1-12H3. The zero-order valence-electron chi connectivity index (χ0n) is 40.2. The van der Waals surface area contributed by atoms with Gasteiger partial charge in [0.1, 0.15) is 5.58 Å². The molecule has 0 fully saturated rings. The molecule has 64 heavy (non-hydrogen) atoms. The fraction of sp³-hybridized carbons (Fsp3) is 0.390. The summed E-state index contributed by atoms with van der Waals surface area (Å²) in [5, 5.41) is 3.92. The first kappa shape index (κ1) is 40.5. The Balaban J connectivity index is 1.22. The molecule has 0 spiro atoms. The van der Waals surface area contributed by atoms with Crippen LogP contribution in [0.3, 0.4) is 0 Å². The van der Waals surface area contributed by atoms with E-state index in [1.165, 1.54) is 130 Å². The lowest BCUT2D eigenvalue weighted by Gasteiger charge is -2.46. The number of hydrogen-bond donors (Lipinski definition) is 0. The molecule has 0 amide bonds. The number of rotatable bonds is 2. The largest absolute Gasteiger partial charge is 0.468 e. The normalized spacial score (nSPS) is 20.2. The Morgan fingerprint density at radius 2 is 1.23 bits per heavy atom. The van der Waals surface area contributed by atoms with Gasteiger partial charge in [0.15, 0.2) is 0 Å². The molecule has 0 unspecified atom stereocenters. The van der Waals surface area contributed by atoms with Crippen molar-refractivity contribution in [3.05, 3.63) is 136 Å². The minimum absolute atomic E-state index is 0.0423. The lowest BCUT2D eigenvalue weighted by molar-refractivity contribution is 0.332.